The Morgan fingerprint density at radius 1 is 1.00 bits per heavy atom. The van der Waals surface area contributed by atoms with E-state index in [1.807, 2.05) is 0 Å². The molecule has 3 heteroatoms. The van der Waals surface area contributed by atoms with Crippen LogP contribution >= 0.6 is 24.4 Å². The van der Waals surface area contributed by atoms with Crippen LogP contribution < -0.4 is 5.32 Å². The van der Waals surface area contributed by atoms with E-state index in [4.69, 9.17) is 24.4 Å². The SMILES string of the molecule is CCNc1c(CCCCCC(C)(C)C)c(=S)c1=S. The van der Waals surface area contributed by atoms with Gasteiger partial charge in [-0.15, -0.1) is 0 Å². The number of unbranched alkanes of at least 4 members (excludes halogenated alkanes) is 2. The fourth-order valence-electron chi connectivity index (χ4n) is 2.17. The third-order valence-electron chi connectivity index (χ3n) is 3.22. The van der Waals surface area contributed by atoms with Gasteiger partial charge < -0.3 is 5.32 Å². The first-order chi connectivity index (χ1) is 8.37. The monoisotopic (exact) mass is 283 g/mol. The molecule has 0 aliphatic carbocycles. The van der Waals surface area contributed by atoms with Gasteiger partial charge in [-0.25, -0.2) is 0 Å². The van der Waals surface area contributed by atoms with Gasteiger partial charge in [0, 0.05) is 6.54 Å². The Balaban J connectivity index is 2.34. The van der Waals surface area contributed by atoms with Gasteiger partial charge in [-0.1, -0.05) is 58.0 Å². The second kappa shape index (κ2) is 6.76. The maximum atomic E-state index is 5.32. The van der Waals surface area contributed by atoms with Gasteiger partial charge in [-0.05, 0) is 37.2 Å². The summed E-state index contributed by atoms with van der Waals surface area (Å²) in [7, 11) is 0. The molecule has 0 saturated carbocycles. The minimum Gasteiger partial charge on any atom is -0.384 e. The summed E-state index contributed by atoms with van der Waals surface area (Å²) in [6.07, 6.45) is 6.21. The smallest absolute Gasteiger partial charge is 0.0796 e. The molecule has 18 heavy (non-hydrogen) atoms. The summed E-state index contributed by atoms with van der Waals surface area (Å²) in [5.74, 6) is 0. The Bertz CT molecular complexity index is 448. The van der Waals surface area contributed by atoms with E-state index < -0.39 is 0 Å². The lowest BCUT2D eigenvalue weighted by Crippen LogP contribution is -2.07. The van der Waals surface area contributed by atoms with Crippen molar-refractivity contribution in [3.05, 3.63) is 14.6 Å². The van der Waals surface area contributed by atoms with Crippen LogP contribution in [-0.2, 0) is 6.42 Å². The van der Waals surface area contributed by atoms with E-state index in [9.17, 15) is 0 Å². The van der Waals surface area contributed by atoms with Gasteiger partial charge >= 0.3 is 0 Å². The van der Waals surface area contributed by atoms with Crippen LogP contribution in [0.5, 0.6) is 0 Å². The van der Waals surface area contributed by atoms with Gasteiger partial charge in [0.1, 0.15) is 0 Å². The van der Waals surface area contributed by atoms with Crippen LogP contribution in [0.1, 0.15) is 58.9 Å². The molecule has 1 aromatic carbocycles. The van der Waals surface area contributed by atoms with Crippen LogP contribution in [0.15, 0.2) is 0 Å². The molecule has 1 rings (SSSR count). The zero-order valence-corrected chi connectivity index (χ0v) is 13.7. The number of rotatable bonds is 7. The van der Waals surface area contributed by atoms with Gasteiger partial charge in [0.05, 0.1) is 14.7 Å². The summed E-state index contributed by atoms with van der Waals surface area (Å²) in [6.45, 7) is 9.93. The Morgan fingerprint density at radius 3 is 2.22 bits per heavy atom. The van der Waals surface area contributed by atoms with E-state index in [-0.39, 0.29) is 0 Å². The largest absolute Gasteiger partial charge is 0.384 e. The summed E-state index contributed by atoms with van der Waals surface area (Å²) in [5.41, 5.74) is 2.91. The van der Waals surface area contributed by atoms with Gasteiger partial charge in [0.15, 0.2) is 0 Å². The van der Waals surface area contributed by atoms with Crippen LogP contribution in [-0.4, -0.2) is 6.54 Å². The molecule has 0 aliphatic rings. The quantitative estimate of drug-likeness (QED) is 0.516. The maximum absolute atomic E-state index is 5.32. The van der Waals surface area contributed by atoms with Crippen molar-refractivity contribution < 1.29 is 0 Å². The fourth-order valence-corrected chi connectivity index (χ4v) is 2.80. The molecule has 0 saturated heterocycles. The standard InChI is InChI=1S/C15H25NS2/c1-5-16-12-11(13(17)14(12)18)9-7-6-8-10-15(2,3)4/h16H,5-10H2,1-4H3. The summed E-state index contributed by atoms with van der Waals surface area (Å²) in [4.78, 5) is 0. The molecule has 0 aliphatic heterocycles. The normalized spacial score (nSPS) is 12.0. The molecule has 1 nitrogen and oxygen atoms in total. The summed E-state index contributed by atoms with van der Waals surface area (Å²) < 4.78 is 1.80. The van der Waals surface area contributed by atoms with Crippen molar-refractivity contribution in [2.24, 2.45) is 5.41 Å². The van der Waals surface area contributed by atoms with E-state index in [0.29, 0.717) is 5.41 Å². The Labute approximate surface area is 122 Å². The zero-order chi connectivity index (χ0) is 13.8. The molecular weight excluding hydrogens is 258 g/mol. The molecule has 0 fully saturated rings. The van der Waals surface area contributed by atoms with Crippen molar-refractivity contribution in [1.29, 1.82) is 0 Å². The first kappa shape index (κ1) is 15.8. The molecule has 0 heterocycles. The minimum atomic E-state index is 0.460. The average Bonchev–Trinajstić information content (AvgIpc) is 2.29. The van der Waals surface area contributed by atoms with Crippen molar-refractivity contribution in [2.45, 2.75) is 59.8 Å². The van der Waals surface area contributed by atoms with Gasteiger partial charge in [-0.3, -0.25) is 0 Å². The molecule has 1 aromatic rings. The Hall–Kier alpha value is -0.280. The van der Waals surface area contributed by atoms with Crippen LogP contribution in [0.4, 0.5) is 5.69 Å². The number of anilines is 1. The van der Waals surface area contributed by atoms with Crippen molar-refractivity contribution in [2.75, 3.05) is 11.9 Å². The van der Waals surface area contributed by atoms with Crippen molar-refractivity contribution >= 4 is 30.1 Å². The van der Waals surface area contributed by atoms with Crippen LogP contribution in [0.25, 0.3) is 0 Å². The Morgan fingerprint density at radius 2 is 1.67 bits per heavy atom. The topological polar surface area (TPSA) is 12.0 Å². The average molecular weight is 284 g/mol. The molecule has 0 radical (unpaired) electrons. The van der Waals surface area contributed by atoms with Gasteiger partial charge in [0.2, 0.25) is 0 Å². The molecule has 0 unspecified atom stereocenters. The second-order valence-corrected chi connectivity index (χ2v) is 6.98. The number of hydrogen-bond acceptors (Lipinski definition) is 3. The van der Waals surface area contributed by atoms with Crippen molar-refractivity contribution in [3.63, 3.8) is 0 Å². The molecule has 0 bridgehead atoms. The first-order valence-electron chi connectivity index (χ1n) is 6.93. The highest BCUT2D eigenvalue weighted by Gasteiger charge is 2.13. The van der Waals surface area contributed by atoms with Crippen molar-refractivity contribution in [3.8, 4) is 0 Å². The first-order valence-corrected chi connectivity index (χ1v) is 7.74. The third-order valence-corrected chi connectivity index (χ3v) is 4.20. The predicted octanol–water partition coefficient (Wildman–Crippen LogP) is 5.60. The van der Waals surface area contributed by atoms with Crippen LogP contribution in [0.3, 0.4) is 0 Å². The van der Waals surface area contributed by atoms with E-state index in [1.165, 1.54) is 31.2 Å². The number of nitrogens with one attached hydrogen (secondary N) is 1. The fraction of sp³-hybridized carbons (Fsp3) is 0.733. The lowest BCUT2D eigenvalue weighted by molar-refractivity contribution is 0.358. The minimum absolute atomic E-state index is 0.460. The van der Waals surface area contributed by atoms with E-state index in [1.54, 1.807) is 0 Å². The Kier molecular flexibility index (Phi) is 5.93. The van der Waals surface area contributed by atoms with Crippen molar-refractivity contribution in [1.82, 2.24) is 0 Å². The summed E-state index contributed by atoms with van der Waals surface area (Å²) in [6, 6.07) is 0. The van der Waals surface area contributed by atoms with Crippen LogP contribution in [0.2, 0.25) is 0 Å². The molecule has 0 spiro atoms. The number of hydrogen-bond donors (Lipinski definition) is 1. The third kappa shape index (κ3) is 4.43. The summed E-state index contributed by atoms with van der Waals surface area (Å²) >= 11 is 10.6. The molecule has 102 valence electrons. The molecule has 1 N–H and O–H groups in total. The lowest BCUT2D eigenvalue weighted by Gasteiger charge is -2.18. The van der Waals surface area contributed by atoms with Crippen LogP contribution in [0, 0.1) is 14.4 Å². The molecule has 0 atom stereocenters. The van der Waals surface area contributed by atoms with Gasteiger partial charge in [0.25, 0.3) is 0 Å². The molecule has 0 amide bonds. The second-order valence-electron chi connectivity index (χ2n) is 6.16. The zero-order valence-electron chi connectivity index (χ0n) is 12.1. The molecule has 0 aromatic heterocycles. The highest BCUT2D eigenvalue weighted by molar-refractivity contribution is 7.74. The summed E-state index contributed by atoms with van der Waals surface area (Å²) in [5, 5.41) is 3.33. The van der Waals surface area contributed by atoms with Gasteiger partial charge in [-0.2, -0.15) is 0 Å². The lowest BCUT2D eigenvalue weighted by atomic mass is 9.89. The van der Waals surface area contributed by atoms with E-state index in [0.717, 1.165) is 27.7 Å². The molecular formula is C15H25NS2. The maximum Gasteiger partial charge on any atom is 0.0796 e. The highest BCUT2D eigenvalue weighted by Crippen LogP contribution is 2.29. The van der Waals surface area contributed by atoms with E-state index >= 15 is 0 Å². The highest BCUT2D eigenvalue weighted by atomic mass is 32.1. The van der Waals surface area contributed by atoms with E-state index in [2.05, 4.69) is 33.0 Å². The predicted molar refractivity (Wildman–Crippen MR) is 86.3 cm³/mol.